The Morgan fingerprint density at radius 3 is 1.71 bits per heavy atom. The summed E-state index contributed by atoms with van der Waals surface area (Å²) in [6.45, 7) is 0. The fraction of sp³-hybridized carbons (Fsp3) is 0.0377. The highest BCUT2D eigenvalue weighted by atomic mass is 32.2. The molecule has 11 rings (SSSR count). The number of fused-ring (bicyclic) bond motifs is 9. The lowest BCUT2D eigenvalue weighted by Gasteiger charge is -2.39. The molecule has 3 aliphatic rings. The lowest BCUT2D eigenvalue weighted by Crippen LogP contribution is -2.33. The van der Waals surface area contributed by atoms with E-state index >= 15 is 0 Å². The molecule has 5 heteroatoms. The van der Waals surface area contributed by atoms with Crippen molar-refractivity contribution in [2.75, 3.05) is 0 Å². The maximum absolute atomic E-state index is 9.73. The first-order chi connectivity index (χ1) is 28.7. The third kappa shape index (κ3) is 5.38. The molecule has 0 saturated heterocycles. The Kier molecular flexibility index (Phi) is 8.06. The van der Waals surface area contributed by atoms with E-state index in [0.29, 0.717) is 11.4 Å². The number of benzene rings is 8. The molecule has 1 atom stereocenters. The first kappa shape index (κ1) is 34.0. The molecular weight excluding hydrogens is 725 g/mol. The highest BCUT2D eigenvalue weighted by molar-refractivity contribution is 7.99. The number of rotatable bonds is 5. The second kappa shape index (κ2) is 13.7. The molecule has 1 spiro atoms. The number of hydrogen-bond acceptors (Lipinski definition) is 5. The van der Waals surface area contributed by atoms with E-state index in [-0.39, 0.29) is 6.17 Å². The third-order valence-corrected chi connectivity index (χ3v) is 12.8. The molecule has 272 valence electrons. The van der Waals surface area contributed by atoms with Crippen LogP contribution in [0.25, 0.3) is 33.4 Å². The number of nitrogens with one attached hydrogen (secondary N) is 1. The summed E-state index contributed by atoms with van der Waals surface area (Å²) < 4.78 is 0. The number of aliphatic imine (C=N–C) groups is 2. The van der Waals surface area contributed by atoms with Crippen molar-refractivity contribution in [3.63, 3.8) is 0 Å². The van der Waals surface area contributed by atoms with Crippen LogP contribution in [0.3, 0.4) is 0 Å². The molecule has 0 bridgehead atoms. The van der Waals surface area contributed by atoms with E-state index in [2.05, 4.69) is 157 Å². The van der Waals surface area contributed by atoms with Gasteiger partial charge in [0.05, 0.1) is 17.0 Å². The minimum absolute atomic E-state index is 0.274. The van der Waals surface area contributed by atoms with Crippen molar-refractivity contribution in [2.45, 2.75) is 21.4 Å². The van der Waals surface area contributed by atoms with E-state index in [4.69, 9.17) is 9.98 Å². The first-order valence-electron chi connectivity index (χ1n) is 19.5. The van der Waals surface area contributed by atoms with Crippen molar-refractivity contribution in [3.05, 3.63) is 239 Å². The van der Waals surface area contributed by atoms with Crippen molar-refractivity contribution < 1.29 is 0 Å². The molecule has 8 aromatic carbocycles. The Bertz CT molecular complexity index is 2950. The molecule has 2 aliphatic heterocycles. The first-order valence-corrected chi connectivity index (χ1v) is 20.3. The van der Waals surface area contributed by atoms with Gasteiger partial charge in [0.15, 0.2) is 5.84 Å². The molecule has 1 N–H and O–H groups in total. The number of hydrogen-bond donors (Lipinski definition) is 1. The molecule has 2 heterocycles. The molecule has 0 fully saturated rings. The standard InChI is InChI=1S/C53H34N4S/c54-33-34-23-25-35(26-24-34)42-32-47-43(40-17-7-8-18-44(40)53(47)45-19-9-11-21-48(45)58-49-22-12-10-20-46(49)53)31-41(42)36-27-29-39(30-28-36)52-56-50(37-13-3-1-4-14-37)55-51(57-52)38-15-5-2-6-16-38/h1-32,50H,(H,55,56,57). The summed E-state index contributed by atoms with van der Waals surface area (Å²) in [5, 5.41) is 13.4. The van der Waals surface area contributed by atoms with Crippen LogP contribution in [-0.4, -0.2) is 11.7 Å². The number of nitrogens with zero attached hydrogens (tertiary/aromatic N) is 3. The zero-order valence-corrected chi connectivity index (χ0v) is 32.1. The molecular formula is C53H34N4S. The normalized spacial score (nSPS) is 15.5. The molecule has 8 aromatic rings. The van der Waals surface area contributed by atoms with Gasteiger partial charge in [-0.15, -0.1) is 0 Å². The minimum atomic E-state index is -0.494. The van der Waals surface area contributed by atoms with E-state index in [1.165, 1.54) is 43.2 Å². The van der Waals surface area contributed by atoms with Gasteiger partial charge < -0.3 is 5.32 Å². The van der Waals surface area contributed by atoms with E-state index in [1.54, 1.807) is 0 Å². The molecule has 4 nitrogen and oxygen atoms in total. The maximum Gasteiger partial charge on any atom is 0.159 e. The lowest BCUT2D eigenvalue weighted by molar-refractivity contribution is 0.674. The van der Waals surface area contributed by atoms with Gasteiger partial charge in [0, 0.05) is 20.9 Å². The highest BCUT2D eigenvalue weighted by Gasteiger charge is 2.50. The second-order valence-electron chi connectivity index (χ2n) is 14.8. The molecule has 1 aliphatic carbocycles. The summed E-state index contributed by atoms with van der Waals surface area (Å²) in [6.07, 6.45) is -0.274. The fourth-order valence-corrected chi connectivity index (χ4v) is 10.2. The second-order valence-corrected chi connectivity index (χ2v) is 15.9. The van der Waals surface area contributed by atoms with Gasteiger partial charge in [0.1, 0.15) is 12.0 Å². The predicted molar refractivity (Wildman–Crippen MR) is 235 cm³/mol. The molecule has 0 saturated carbocycles. The Morgan fingerprint density at radius 1 is 0.483 bits per heavy atom. The van der Waals surface area contributed by atoms with Gasteiger partial charge >= 0.3 is 0 Å². The Labute approximate surface area is 341 Å². The zero-order chi connectivity index (χ0) is 38.6. The SMILES string of the molecule is N#Cc1ccc(-c2cc3c(cc2-c2ccc(C4=NC(c5ccccc5)=NC(c5ccccc5)N4)cc2)-c2ccccc2C32c3ccccc3Sc3ccccc32)cc1. The van der Waals surface area contributed by atoms with E-state index in [0.717, 1.165) is 44.8 Å². The predicted octanol–water partition coefficient (Wildman–Crippen LogP) is 12.2. The van der Waals surface area contributed by atoms with Crippen LogP contribution in [-0.2, 0) is 5.41 Å². The summed E-state index contributed by atoms with van der Waals surface area (Å²) in [4.78, 5) is 12.7. The summed E-state index contributed by atoms with van der Waals surface area (Å²) in [5.41, 5.74) is 15.2. The van der Waals surface area contributed by atoms with Crippen molar-refractivity contribution in [1.82, 2.24) is 5.32 Å². The Morgan fingerprint density at radius 2 is 1.03 bits per heavy atom. The molecule has 0 aromatic heterocycles. The van der Waals surface area contributed by atoms with Gasteiger partial charge in [-0.3, -0.25) is 0 Å². The van der Waals surface area contributed by atoms with Crippen LogP contribution in [0.2, 0.25) is 0 Å². The van der Waals surface area contributed by atoms with Crippen LogP contribution < -0.4 is 5.32 Å². The van der Waals surface area contributed by atoms with Gasteiger partial charge in [-0.25, -0.2) is 9.98 Å². The van der Waals surface area contributed by atoms with E-state index in [1.807, 2.05) is 60.3 Å². The van der Waals surface area contributed by atoms with Crippen LogP contribution in [0.1, 0.15) is 50.7 Å². The third-order valence-electron chi connectivity index (χ3n) is 11.7. The molecule has 0 radical (unpaired) electrons. The average molecular weight is 759 g/mol. The van der Waals surface area contributed by atoms with Gasteiger partial charge in [-0.1, -0.05) is 169 Å². The van der Waals surface area contributed by atoms with Crippen molar-refractivity contribution >= 4 is 23.4 Å². The largest absolute Gasteiger partial charge is 0.344 e. The fourth-order valence-electron chi connectivity index (χ4n) is 9.03. The molecule has 0 amide bonds. The quantitative estimate of drug-likeness (QED) is 0.190. The topological polar surface area (TPSA) is 60.5 Å². The van der Waals surface area contributed by atoms with E-state index in [9.17, 15) is 5.26 Å². The van der Waals surface area contributed by atoms with Crippen molar-refractivity contribution in [1.29, 1.82) is 5.26 Å². The summed E-state index contributed by atoms with van der Waals surface area (Å²) >= 11 is 1.86. The molecule has 1 unspecified atom stereocenters. The summed E-state index contributed by atoms with van der Waals surface area (Å²) in [7, 11) is 0. The summed E-state index contributed by atoms with van der Waals surface area (Å²) in [6, 6.07) is 71.1. The smallest absolute Gasteiger partial charge is 0.159 e. The maximum atomic E-state index is 9.73. The Balaban J connectivity index is 1.09. The van der Waals surface area contributed by atoms with Gasteiger partial charge in [-0.2, -0.15) is 5.26 Å². The van der Waals surface area contributed by atoms with Crippen LogP contribution in [0.15, 0.2) is 214 Å². The van der Waals surface area contributed by atoms with Crippen molar-refractivity contribution in [3.8, 4) is 39.4 Å². The van der Waals surface area contributed by atoms with Gasteiger partial charge in [-0.05, 0) is 97.6 Å². The van der Waals surface area contributed by atoms with Crippen LogP contribution in [0.4, 0.5) is 0 Å². The average Bonchev–Trinajstić information content (AvgIpc) is 3.58. The number of nitriles is 1. The van der Waals surface area contributed by atoms with Gasteiger partial charge in [0.25, 0.3) is 0 Å². The monoisotopic (exact) mass is 758 g/mol. The lowest BCUT2D eigenvalue weighted by atomic mass is 9.67. The van der Waals surface area contributed by atoms with E-state index < -0.39 is 5.41 Å². The molecule has 58 heavy (non-hydrogen) atoms. The van der Waals surface area contributed by atoms with Crippen LogP contribution >= 0.6 is 11.8 Å². The Hall–Kier alpha value is -7.26. The van der Waals surface area contributed by atoms with Crippen LogP contribution in [0.5, 0.6) is 0 Å². The van der Waals surface area contributed by atoms with Gasteiger partial charge in [0.2, 0.25) is 0 Å². The van der Waals surface area contributed by atoms with Crippen molar-refractivity contribution in [2.24, 2.45) is 9.98 Å². The zero-order valence-electron chi connectivity index (χ0n) is 31.3. The van der Waals surface area contributed by atoms with Crippen LogP contribution in [0, 0.1) is 11.3 Å². The minimum Gasteiger partial charge on any atom is -0.344 e. The highest BCUT2D eigenvalue weighted by Crippen LogP contribution is 2.63. The number of amidine groups is 2. The summed E-state index contributed by atoms with van der Waals surface area (Å²) in [5.74, 6) is 1.48.